The number of aliphatic hydroxyl groups is 1. The molecule has 0 bridgehead atoms. The molecule has 0 radical (unpaired) electrons. The molecule has 1 aromatic rings. The van der Waals surface area contributed by atoms with Crippen molar-refractivity contribution in [2.75, 3.05) is 19.7 Å². The van der Waals surface area contributed by atoms with E-state index >= 15 is 0 Å². The van der Waals surface area contributed by atoms with Gasteiger partial charge in [0.05, 0.1) is 12.6 Å². The zero-order chi connectivity index (χ0) is 12.8. The Morgan fingerprint density at radius 1 is 1.33 bits per heavy atom. The maximum Gasteiger partial charge on any atom is 0.0628 e. The summed E-state index contributed by atoms with van der Waals surface area (Å²) in [5.41, 5.74) is 1.25. The Balaban J connectivity index is 1.94. The van der Waals surface area contributed by atoms with Crippen LogP contribution in [0.5, 0.6) is 0 Å². The number of hydrogen-bond acceptors (Lipinski definition) is 2. The summed E-state index contributed by atoms with van der Waals surface area (Å²) in [4.78, 5) is 2.45. The number of aliphatic hydroxyl groups excluding tert-OH is 1. The highest BCUT2D eigenvalue weighted by molar-refractivity contribution is 5.19. The Morgan fingerprint density at radius 2 is 2.11 bits per heavy atom. The minimum absolute atomic E-state index is 0.192. The van der Waals surface area contributed by atoms with Gasteiger partial charge >= 0.3 is 0 Å². The molecule has 18 heavy (non-hydrogen) atoms. The molecule has 2 heteroatoms. The Labute approximate surface area is 111 Å². The second-order valence-corrected chi connectivity index (χ2v) is 5.40. The molecule has 1 aliphatic rings. The molecule has 0 saturated carbocycles. The highest BCUT2D eigenvalue weighted by Gasteiger charge is 2.28. The number of unbranched alkanes of at least 4 members (excludes halogenated alkanes) is 1. The van der Waals surface area contributed by atoms with Gasteiger partial charge in [-0.2, -0.15) is 0 Å². The van der Waals surface area contributed by atoms with E-state index in [-0.39, 0.29) is 12.6 Å². The highest BCUT2D eigenvalue weighted by atomic mass is 16.3. The number of likely N-dealkylation sites (tertiary alicyclic amines) is 1. The van der Waals surface area contributed by atoms with Gasteiger partial charge in [-0.1, -0.05) is 50.1 Å². The molecule has 100 valence electrons. The van der Waals surface area contributed by atoms with E-state index in [9.17, 15) is 5.11 Å². The van der Waals surface area contributed by atoms with Crippen LogP contribution in [0, 0.1) is 5.92 Å². The van der Waals surface area contributed by atoms with Gasteiger partial charge in [0, 0.05) is 6.54 Å². The van der Waals surface area contributed by atoms with Gasteiger partial charge in [0.25, 0.3) is 0 Å². The van der Waals surface area contributed by atoms with E-state index < -0.39 is 0 Å². The standard InChI is InChI=1S/C16H25NO/c1-2-3-7-14-10-11-17(12-14)16(13-18)15-8-5-4-6-9-15/h4-6,8-9,14,16,18H,2-3,7,10-13H2,1H3/t14-,16+/m0/s1. The van der Waals surface area contributed by atoms with E-state index in [1.54, 1.807) is 0 Å². The molecule has 1 aromatic carbocycles. The van der Waals surface area contributed by atoms with Gasteiger partial charge in [-0.3, -0.25) is 4.90 Å². The van der Waals surface area contributed by atoms with Crippen molar-refractivity contribution in [1.29, 1.82) is 0 Å². The van der Waals surface area contributed by atoms with Gasteiger partial charge < -0.3 is 5.11 Å². The zero-order valence-electron chi connectivity index (χ0n) is 11.4. The lowest BCUT2D eigenvalue weighted by molar-refractivity contribution is 0.142. The first kappa shape index (κ1) is 13.6. The fourth-order valence-corrected chi connectivity index (χ4v) is 2.98. The van der Waals surface area contributed by atoms with Crippen LogP contribution in [0.25, 0.3) is 0 Å². The lowest BCUT2D eigenvalue weighted by Crippen LogP contribution is -2.29. The van der Waals surface area contributed by atoms with Gasteiger partial charge in [-0.25, -0.2) is 0 Å². The maximum atomic E-state index is 9.66. The summed E-state index contributed by atoms with van der Waals surface area (Å²) in [6.45, 7) is 4.77. The molecule has 0 spiro atoms. The fourth-order valence-electron chi connectivity index (χ4n) is 2.98. The average Bonchev–Trinajstić information content (AvgIpc) is 2.87. The summed E-state index contributed by atoms with van der Waals surface area (Å²) < 4.78 is 0. The van der Waals surface area contributed by atoms with Crippen LogP contribution in [0.1, 0.15) is 44.2 Å². The Hall–Kier alpha value is -0.860. The second-order valence-electron chi connectivity index (χ2n) is 5.40. The van der Waals surface area contributed by atoms with Gasteiger partial charge in [0.15, 0.2) is 0 Å². The summed E-state index contributed by atoms with van der Waals surface area (Å²) in [6, 6.07) is 10.6. The fraction of sp³-hybridized carbons (Fsp3) is 0.625. The summed E-state index contributed by atoms with van der Waals surface area (Å²) in [5, 5.41) is 9.66. The number of rotatable bonds is 6. The first-order valence-corrected chi connectivity index (χ1v) is 7.25. The van der Waals surface area contributed by atoms with Gasteiger partial charge in [-0.05, 0) is 30.9 Å². The molecule has 0 aromatic heterocycles. The zero-order valence-corrected chi connectivity index (χ0v) is 11.4. The van der Waals surface area contributed by atoms with E-state index in [1.165, 1.54) is 31.2 Å². The van der Waals surface area contributed by atoms with Crippen LogP contribution in [-0.4, -0.2) is 29.7 Å². The van der Waals surface area contributed by atoms with Crippen molar-refractivity contribution in [3.8, 4) is 0 Å². The third-order valence-electron chi connectivity index (χ3n) is 4.08. The molecule has 0 unspecified atom stereocenters. The largest absolute Gasteiger partial charge is 0.394 e. The highest BCUT2D eigenvalue weighted by Crippen LogP contribution is 2.29. The van der Waals surface area contributed by atoms with Crippen molar-refractivity contribution in [3.63, 3.8) is 0 Å². The number of nitrogens with zero attached hydrogens (tertiary/aromatic N) is 1. The first-order valence-electron chi connectivity index (χ1n) is 7.25. The van der Waals surface area contributed by atoms with Crippen LogP contribution in [0.4, 0.5) is 0 Å². The molecule has 0 aliphatic carbocycles. The summed E-state index contributed by atoms with van der Waals surface area (Å²) in [5.74, 6) is 0.836. The van der Waals surface area contributed by atoms with Crippen molar-refractivity contribution in [2.45, 2.75) is 38.6 Å². The van der Waals surface area contributed by atoms with Gasteiger partial charge in [0.1, 0.15) is 0 Å². The van der Waals surface area contributed by atoms with Crippen LogP contribution >= 0.6 is 0 Å². The Bertz CT molecular complexity index is 338. The van der Waals surface area contributed by atoms with E-state index in [2.05, 4.69) is 36.1 Å². The monoisotopic (exact) mass is 247 g/mol. The minimum Gasteiger partial charge on any atom is -0.394 e. The minimum atomic E-state index is 0.192. The second kappa shape index (κ2) is 6.91. The van der Waals surface area contributed by atoms with Crippen molar-refractivity contribution in [1.82, 2.24) is 4.90 Å². The molecule has 1 saturated heterocycles. The van der Waals surface area contributed by atoms with Crippen molar-refractivity contribution in [3.05, 3.63) is 35.9 Å². The summed E-state index contributed by atoms with van der Waals surface area (Å²) >= 11 is 0. The van der Waals surface area contributed by atoms with E-state index in [1.807, 2.05) is 6.07 Å². The molecular formula is C16H25NO. The van der Waals surface area contributed by atoms with Gasteiger partial charge in [0.2, 0.25) is 0 Å². The first-order chi connectivity index (χ1) is 8.85. The quantitative estimate of drug-likeness (QED) is 0.834. The molecule has 1 fully saturated rings. The van der Waals surface area contributed by atoms with E-state index in [0.29, 0.717) is 0 Å². The summed E-state index contributed by atoms with van der Waals surface area (Å²) in [7, 11) is 0. The van der Waals surface area contributed by atoms with Crippen LogP contribution in [-0.2, 0) is 0 Å². The topological polar surface area (TPSA) is 23.5 Å². The predicted octanol–water partition coefficient (Wildman–Crippen LogP) is 3.23. The van der Waals surface area contributed by atoms with Gasteiger partial charge in [-0.15, -0.1) is 0 Å². The maximum absolute atomic E-state index is 9.66. The smallest absolute Gasteiger partial charge is 0.0628 e. The third kappa shape index (κ3) is 3.33. The molecule has 1 aliphatic heterocycles. The third-order valence-corrected chi connectivity index (χ3v) is 4.08. The van der Waals surface area contributed by atoms with Crippen molar-refractivity contribution in [2.24, 2.45) is 5.92 Å². The van der Waals surface area contributed by atoms with Crippen molar-refractivity contribution < 1.29 is 5.11 Å². The van der Waals surface area contributed by atoms with E-state index in [0.717, 1.165) is 19.0 Å². The van der Waals surface area contributed by atoms with Crippen LogP contribution in [0.3, 0.4) is 0 Å². The molecule has 0 amide bonds. The van der Waals surface area contributed by atoms with Crippen LogP contribution in [0.15, 0.2) is 30.3 Å². The normalized spacial score (nSPS) is 22.2. The van der Waals surface area contributed by atoms with E-state index in [4.69, 9.17) is 0 Å². The van der Waals surface area contributed by atoms with Crippen molar-refractivity contribution >= 4 is 0 Å². The molecule has 1 heterocycles. The lowest BCUT2D eigenvalue weighted by Gasteiger charge is -2.26. The Morgan fingerprint density at radius 3 is 2.78 bits per heavy atom. The summed E-state index contributed by atoms with van der Waals surface area (Å²) in [6.07, 6.45) is 5.27. The average molecular weight is 247 g/mol. The van der Waals surface area contributed by atoms with Crippen LogP contribution < -0.4 is 0 Å². The molecule has 1 N–H and O–H groups in total. The van der Waals surface area contributed by atoms with Crippen LogP contribution in [0.2, 0.25) is 0 Å². The molecule has 2 nitrogen and oxygen atoms in total. The predicted molar refractivity (Wildman–Crippen MR) is 75.5 cm³/mol. The number of benzene rings is 1. The number of hydrogen-bond donors (Lipinski definition) is 1. The Kier molecular flexibility index (Phi) is 5.21. The molecule has 2 rings (SSSR count). The molecular weight excluding hydrogens is 222 g/mol. The lowest BCUT2D eigenvalue weighted by atomic mass is 10.0. The molecule has 2 atom stereocenters. The SMILES string of the molecule is CCCC[C@H]1CCN([C@H](CO)c2ccccc2)C1.